The first kappa shape index (κ1) is 20.8. The highest BCUT2D eigenvalue weighted by Crippen LogP contribution is 2.49. The van der Waals surface area contributed by atoms with Gasteiger partial charge in [-0.1, -0.05) is 97.1 Å². The normalized spacial score (nSPS) is 12.1. The van der Waals surface area contributed by atoms with Crippen LogP contribution in [0.3, 0.4) is 0 Å². The van der Waals surface area contributed by atoms with Crippen LogP contribution in [0.15, 0.2) is 133 Å². The molecule has 0 bridgehead atoms. The van der Waals surface area contributed by atoms with Crippen molar-refractivity contribution in [3.8, 4) is 39.1 Å². The Bertz CT molecular complexity index is 2240. The van der Waals surface area contributed by atoms with Crippen molar-refractivity contribution in [1.82, 2.24) is 9.55 Å². The van der Waals surface area contributed by atoms with E-state index < -0.39 is 0 Å². The monoisotopic (exact) mass is 494 g/mol. The summed E-state index contributed by atoms with van der Waals surface area (Å²) in [6.07, 6.45) is 0. The summed E-state index contributed by atoms with van der Waals surface area (Å²) in [7, 11) is 0. The van der Waals surface area contributed by atoms with Gasteiger partial charge in [0.25, 0.3) is 0 Å². The third-order valence-corrected chi connectivity index (χ3v) is 8.31. The highest BCUT2D eigenvalue weighted by molar-refractivity contribution is 6.19. The topological polar surface area (TPSA) is 17.8 Å². The molecule has 8 aromatic rings. The highest BCUT2D eigenvalue weighted by atomic mass is 15.0. The van der Waals surface area contributed by atoms with E-state index in [1.807, 2.05) is 0 Å². The van der Waals surface area contributed by atoms with Crippen LogP contribution in [-0.4, -0.2) is 9.55 Å². The lowest BCUT2D eigenvalue weighted by Crippen LogP contribution is -1.93. The lowest BCUT2D eigenvalue weighted by atomic mass is 9.94. The van der Waals surface area contributed by atoms with Crippen molar-refractivity contribution in [2.45, 2.75) is 0 Å². The molecule has 0 saturated heterocycles. The van der Waals surface area contributed by atoms with Crippen molar-refractivity contribution in [1.29, 1.82) is 0 Å². The second-order valence-corrected chi connectivity index (χ2v) is 10.4. The van der Waals surface area contributed by atoms with Crippen molar-refractivity contribution >= 4 is 43.6 Å². The largest absolute Gasteiger partial charge is 0.308 e. The van der Waals surface area contributed by atoms with Crippen LogP contribution in [0.25, 0.3) is 82.7 Å². The maximum absolute atomic E-state index is 5.19. The van der Waals surface area contributed by atoms with E-state index in [0.29, 0.717) is 0 Å². The van der Waals surface area contributed by atoms with Gasteiger partial charge in [-0.25, -0.2) is 4.98 Å². The Balaban J connectivity index is 1.35. The van der Waals surface area contributed by atoms with Crippen molar-refractivity contribution in [3.63, 3.8) is 0 Å². The Morgan fingerprint density at radius 1 is 0.462 bits per heavy atom. The van der Waals surface area contributed by atoms with E-state index in [4.69, 9.17) is 4.98 Å². The zero-order valence-electron chi connectivity index (χ0n) is 21.1. The minimum Gasteiger partial charge on any atom is -0.308 e. The third kappa shape index (κ3) is 2.83. The first-order valence-corrected chi connectivity index (χ1v) is 13.4. The van der Waals surface area contributed by atoms with E-state index in [0.717, 1.165) is 27.6 Å². The second kappa shape index (κ2) is 7.66. The Morgan fingerprint density at radius 3 is 2.05 bits per heavy atom. The molecule has 6 aromatic carbocycles. The van der Waals surface area contributed by atoms with Crippen molar-refractivity contribution in [2.24, 2.45) is 0 Å². The molecule has 39 heavy (non-hydrogen) atoms. The number of aromatic nitrogens is 2. The summed E-state index contributed by atoms with van der Waals surface area (Å²) in [5, 5.41) is 4.97. The minimum absolute atomic E-state index is 1.02. The van der Waals surface area contributed by atoms with Gasteiger partial charge in [0.05, 0.1) is 22.1 Å². The first-order valence-electron chi connectivity index (χ1n) is 13.4. The molecule has 180 valence electrons. The van der Waals surface area contributed by atoms with E-state index in [-0.39, 0.29) is 0 Å². The molecule has 0 N–H and O–H groups in total. The summed E-state index contributed by atoms with van der Waals surface area (Å²) < 4.78 is 2.35. The standard InChI is InChI=1S/C37H22N2/c1-2-10-25(11-3-1)39-34-20-17-23(21-32(34)37-35(39)22-24-9-4-7-16-33(24)38-37)26-18-19-31-28-13-6-5-12-27(28)30-15-8-14-29(26)36(30)31/h1-22H. The fourth-order valence-electron chi connectivity index (χ4n) is 6.61. The lowest BCUT2D eigenvalue weighted by molar-refractivity contribution is 1.18. The van der Waals surface area contributed by atoms with Crippen LogP contribution in [-0.2, 0) is 0 Å². The summed E-state index contributed by atoms with van der Waals surface area (Å²) in [4.78, 5) is 5.19. The molecule has 2 aromatic heterocycles. The average Bonchev–Trinajstić information content (AvgIpc) is 3.50. The van der Waals surface area contributed by atoms with E-state index in [1.54, 1.807) is 0 Å². The van der Waals surface area contributed by atoms with Gasteiger partial charge in [0, 0.05) is 16.5 Å². The predicted octanol–water partition coefficient (Wildman–Crippen LogP) is 9.80. The SMILES string of the molecule is c1ccc(-n2c3ccc(-c4ccc5c6c(cccc46)-c4ccccc4-5)cc3c3nc4ccccc4cc32)cc1. The zero-order chi connectivity index (χ0) is 25.5. The number of benzene rings is 6. The first-order chi connectivity index (χ1) is 19.3. The van der Waals surface area contributed by atoms with Crippen molar-refractivity contribution < 1.29 is 0 Å². The fraction of sp³-hybridized carbons (Fsp3) is 0. The van der Waals surface area contributed by atoms with Gasteiger partial charge in [0.15, 0.2) is 0 Å². The van der Waals surface area contributed by atoms with Gasteiger partial charge in [-0.05, 0) is 80.6 Å². The summed E-state index contributed by atoms with van der Waals surface area (Å²) in [5.41, 5.74) is 13.3. The van der Waals surface area contributed by atoms with Crippen LogP contribution < -0.4 is 0 Å². The molecular weight excluding hydrogens is 472 g/mol. The molecule has 0 fully saturated rings. The van der Waals surface area contributed by atoms with E-state index in [2.05, 4.69) is 138 Å². The number of fused-ring (bicyclic) bond motifs is 7. The molecule has 0 spiro atoms. The van der Waals surface area contributed by atoms with Crippen molar-refractivity contribution in [3.05, 3.63) is 133 Å². The van der Waals surface area contributed by atoms with Crippen LogP contribution in [0.2, 0.25) is 0 Å². The van der Waals surface area contributed by atoms with Crippen LogP contribution in [0.4, 0.5) is 0 Å². The van der Waals surface area contributed by atoms with Gasteiger partial charge in [-0.2, -0.15) is 0 Å². The van der Waals surface area contributed by atoms with E-state index in [9.17, 15) is 0 Å². The van der Waals surface area contributed by atoms with Crippen LogP contribution in [0.5, 0.6) is 0 Å². The second-order valence-electron chi connectivity index (χ2n) is 10.4. The van der Waals surface area contributed by atoms with Gasteiger partial charge < -0.3 is 4.57 Å². The molecule has 0 radical (unpaired) electrons. The molecule has 0 aliphatic heterocycles. The average molecular weight is 495 g/mol. The van der Waals surface area contributed by atoms with Crippen LogP contribution in [0, 0.1) is 0 Å². The fourth-order valence-corrected chi connectivity index (χ4v) is 6.61. The number of para-hydroxylation sites is 2. The minimum atomic E-state index is 1.02. The lowest BCUT2D eigenvalue weighted by Gasteiger charge is -2.11. The van der Waals surface area contributed by atoms with Gasteiger partial charge in [0.2, 0.25) is 0 Å². The molecule has 0 saturated carbocycles. The summed E-state index contributed by atoms with van der Waals surface area (Å²) in [6.45, 7) is 0. The van der Waals surface area contributed by atoms with Crippen LogP contribution in [0.1, 0.15) is 0 Å². The summed E-state index contributed by atoms with van der Waals surface area (Å²) >= 11 is 0. The van der Waals surface area contributed by atoms with E-state index in [1.165, 1.54) is 55.1 Å². The summed E-state index contributed by atoms with van der Waals surface area (Å²) in [5.74, 6) is 0. The Labute approximate surface area is 225 Å². The zero-order valence-corrected chi connectivity index (χ0v) is 21.1. The number of hydrogen-bond acceptors (Lipinski definition) is 1. The van der Waals surface area contributed by atoms with Gasteiger partial charge in [-0.15, -0.1) is 0 Å². The molecule has 2 heteroatoms. The molecule has 2 nitrogen and oxygen atoms in total. The molecular formula is C37H22N2. The molecule has 0 atom stereocenters. The number of pyridine rings is 1. The molecule has 2 heterocycles. The number of nitrogens with zero attached hydrogens (tertiary/aromatic N) is 2. The predicted molar refractivity (Wildman–Crippen MR) is 163 cm³/mol. The Kier molecular flexibility index (Phi) is 4.08. The van der Waals surface area contributed by atoms with Crippen molar-refractivity contribution in [2.75, 3.05) is 0 Å². The molecule has 0 unspecified atom stereocenters. The van der Waals surface area contributed by atoms with Gasteiger partial charge >= 0.3 is 0 Å². The quantitative estimate of drug-likeness (QED) is 0.234. The Morgan fingerprint density at radius 2 is 1.18 bits per heavy atom. The molecule has 9 rings (SSSR count). The molecule has 0 amide bonds. The Hall–Kier alpha value is -5.21. The van der Waals surface area contributed by atoms with Gasteiger partial charge in [0.1, 0.15) is 0 Å². The maximum atomic E-state index is 5.19. The number of rotatable bonds is 2. The third-order valence-electron chi connectivity index (χ3n) is 8.31. The molecule has 1 aliphatic rings. The smallest absolute Gasteiger partial charge is 0.0971 e. The summed E-state index contributed by atoms with van der Waals surface area (Å²) in [6, 6.07) is 48.2. The van der Waals surface area contributed by atoms with Gasteiger partial charge in [-0.3, -0.25) is 0 Å². The van der Waals surface area contributed by atoms with E-state index >= 15 is 0 Å². The molecule has 1 aliphatic carbocycles. The maximum Gasteiger partial charge on any atom is 0.0971 e. The highest BCUT2D eigenvalue weighted by Gasteiger charge is 2.23. The number of hydrogen-bond donors (Lipinski definition) is 0. The van der Waals surface area contributed by atoms with Crippen LogP contribution >= 0.6 is 0 Å².